The van der Waals surface area contributed by atoms with Gasteiger partial charge in [-0.05, 0) is 6.07 Å². The molecule has 2 heterocycles. The number of H-pyrrole nitrogens is 1. The molecule has 1 aromatic carbocycles. The standard InChI is InChI=1S/C14H17N5O2/c20-19(21)13-4-2-1-3-11(13)12-9-16-14(17-12)10-18-7-5-15-6-8-18/h1-4,9,15H,5-8,10H2,(H,16,17). The van der Waals surface area contributed by atoms with Crippen molar-refractivity contribution in [3.63, 3.8) is 0 Å². The monoisotopic (exact) mass is 287 g/mol. The zero-order valence-electron chi connectivity index (χ0n) is 11.6. The van der Waals surface area contributed by atoms with Crippen molar-refractivity contribution in [2.45, 2.75) is 6.54 Å². The first-order valence-electron chi connectivity index (χ1n) is 6.95. The van der Waals surface area contributed by atoms with E-state index in [9.17, 15) is 10.1 Å². The molecule has 2 aromatic rings. The number of rotatable bonds is 4. The molecule has 1 fully saturated rings. The van der Waals surface area contributed by atoms with Gasteiger partial charge >= 0.3 is 0 Å². The van der Waals surface area contributed by atoms with Crippen LogP contribution in [-0.2, 0) is 6.54 Å². The fourth-order valence-electron chi connectivity index (χ4n) is 2.52. The number of aromatic amines is 1. The Morgan fingerprint density at radius 1 is 1.29 bits per heavy atom. The second-order valence-electron chi connectivity index (χ2n) is 5.04. The summed E-state index contributed by atoms with van der Waals surface area (Å²) < 4.78 is 0. The number of nitro benzene ring substituents is 1. The van der Waals surface area contributed by atoms with E-state index in [1.54, 1.807) is 24.4 Å². The van der Waals surface area contributed by atoms with Gasteiger partial charge in [0, 0.05) is 32.2 Å². The highest BCUT2D eigenvalue weighted by molar-refractivity contribution is 5.70. The van der Waals surface area contributed by atoms with E-state index in [4.69, 9.17) is 0 Å². The van der Waals surface area contributed by atoms with Gasteiger partial charge in [-0.15, -0.1) is 0 Å². The Bertz CT molecular complexity index is 634. The number of hydrogen-bond donors (Lipinski definition) is 2. The van der Waals surface area contributed by atoms with Crippen molar-refractivity contribution in [2.24, 2.45) is 0 Å². The van der Waals surface area contributed by atoms with Crippen LogP contribution in [0.2, 0.25) is 0 Å². The van der Waals surface area contributed by atoms with Gasteiger partial charge in [-0.1, -0.05) is 12.1 Å². The van der Waals surface area contributed by atoms with E-state index in [0.29, 0.717) is 11.3 Å². The molecule has 3 rings (SSSR count). The van der Waals surface area contributed by atoms with E-state index in [2.05, 4.69) is 20.2 Å². The van der Waals surface area contributed by atoms with Crippen molar-refractivity contribution < 1.29 is 4.92 Å². The van der Waals surface area contributed by atoms with Crippen LogP contribution in [0.4, 0.5) is 5.69 Å². The molecule has 110 valence electrons. The zero-order chi connectivity index (χ0) is 14.7. The highest BCUT2D eigenvalue weighted by Gasteiger charge is 2.17. The second-order valence-corrected chi connectivity index (χ2v) is 5.04. The Labute approximate surface area is 122 Å². The van der Waals surface area contributed by atoms with Crippen LogP contribution in [0.25, 0.3) is 11.3 Å². The minimum atomic E-state index is -0.369. The van der Waals surface area contributed by atoms with Crippen LogP contribution in [-0.4, -0.2) is 46.0 Å². The first kappa shape index (κ1) is 13.7. The summed E-state index contributed by atoms with van der Waals surface area (Å²) in [6, 6.07) is 6.70. The summed E-state index contributed by atoms with van der Waals surface area (Å²) in [6.07, 6.45) is 1.67. The lowest BCUT2D eigenvalue weighted by atomic mass is 10.1. The van der Waals surface area contributed by atoms with Gasteiger partial charge in [-0.3, -0.25) is 15.0 Å². The normalized spacial score (nSPS) is 16.0. The third-order valence-corrected chi connectivity index (χ3v) is 3.60. The number of nitrogens with one attached hydrogen (secondary N) is 2. The van der Waals surface area contributed by atoms with Crippen LogP contribution >= 0.6 is 0 Å². The largest absolute Gasteiger partial charge is 0.341 e. The van der Waals surface area contributed by atoms with Gasteiger partial charge in [0.2, 0.25) is 0 Å². The van der Waals surface area contributed by atoms with Gasteiger partial charge in [0.05, 0.1) is 28.9 Å². The number of nitro groups is 1. The molecule has 21 heavy (non-hydrogen) atoms. The number of imidazole rings is 1. The van der Waals surface area contributed by atoms with Crippen LogP contribution in [0, 0.1) is 10.1 Å². The maximum absolute atomic E-state index is 11.1. The number of para-hydroxylation sites is 1. The fourth-order valence-corrected chi connectivity index (χ4v) is 2.52. The Kier molecular flexibility index (Phi) is 3.94. The Morgan fingerprint density at radius 2 is 2.05 bits per heavy atom. The molecule has 2 N–H and O–H groups in total. The van der Waals surface area contributed by atoms with Crippen LogP contribution in [0.1, 0.15) is 5.82 Å². The predicted octanol–water partition coefficient (Wildman–Crippen LogP) is 1.39. The van der Waals surface area contributed by atoms with Gasteiger partial charge in [0.1, 0.15) is 5.82 Å². The quantitative estimate of drug-likeness (QED) is 0.655. The molecule has 1 aromatic heterocycles. The summed E-state index contributed by atoms with van der Waals surface area (Å²) in [5.74, 6) is 0.838. The topological polar surface area (TPSA) is 87.1 Å². The highest BCUT2D eigenvalue weighted by atomic mass is 16.6. The van der Waals surface area contributed by atoms with Gasteiger partial charge in [-0.25, -0.2) is 4.98 Å². The maximum atomic E-state index is 11.1. The van der Waals surface area contributed by atoms with E-state index in [1.165, 1.54) is 6.07 Å². The van der Waals surface area contributed by atoms with Crippen molar-refractivity contribution in [1.29, 1.82) is 0 Å². The number of piperazine rings is 1. The summed E-state index contributed by atoms with van der Waals surface area (Å²) in [5, 5.41) is 14.4. The molecule has 1 aliphatic heterocycles. The van der Waals surface area contributed by atoms with E-state index >= 15 is 0 Å². The van der Waals surface area contributed by atoms with Crippen LogP contribution in [0.3, 0.4) is 0 Å². The lowest BCUT2D eigenvalue weighted by molar-refractivity contribution is -0.384. The molecule has 0 saturated carbocycles. The summed E-state index contributed by atoms with van der Waals surface area (Å²) in [4.78, 5) is 20.6. The summed E-state index contributed by atoms with van der Waals surface area (Å²) in [7, 11) is 0. The SMILES string of the molecule is O=[N+]([O-])c1ccccc1-c1cnc(CN2CCNCC2)[nH]1. The minimum Gasteiger partial charge on any atom is -0.341 e. The Hall–Kier alpha value is -2.25. The maximum Gasteiger partial charge on any atom is 0.278 e. The van der Waals surface area contributed by atoms with Gasteiger partial charge in [0.25, 0.3) is 5.69 Å². The van der Waals surface area contributed by atoms with Crippen LogP contribution in [0.15, 0.2) is 30.5 Å². The van der Waals surface area contributed by atoms with Crippen molar-refractivity contribution in [1.82, 2.24) is 20.2 Å². The molecular formula is C14H17N5O2. The van der Waals surface area contributed by atoms with E-state index in [0.717, 1.165) is 38.5 Å². The lowest BCUT2D eigenvalue weighted by Crippen LogP contribution is -2.43. The van der Waals surface area contributed by atoms with Crippen LogP contribution < -0.4 is 5.32 Å². The van der Waals surface area contributed by atoms with Crippen molar-refractivity contribution >= 4 is 5.69 Å². The zero-order valence-corrected chi connectivity index (χ0v) is 11.6. The molecule has 1 aliphatic rings. The average molecular weight is 287 g/mol. The summed E-state index contributed by atoms with van der Waals surface area (Å²) in [6.45, 7) is 4.68. The van der Waals surface area contributed by atoms with E-state index < -0.39 is 0 Å². The minimum absolute atomic E-state index is 0.0925. The number of aromatic nitrogens is 2. The van der Waals surface area contributed by atoms with Gasteiger partial charge < -0.3 is 10.3 Å². The van der Waals surface area contributed by atoms with Gasteiger partial charge in [-0.2, -0.15) is 0 Å². The number of benzene rings is 1. The van der Waals surface area contributed by atoms with Crippen molar-refractivity contribution in [3.05, 3.63) is 46.4 Å². The predicted molar refractivity (Wildman–Crippen MR) is 78.8 cm³/mol. The molecular weight excluding hydrogens is 270 g/mol. The first-order chi connectivity index (χ1) is 10.2. The van der Waals surface area contributed by atoms with Crippen molar-refractivity contribution in [2.75, 3.05) is 26.2 Å². The summed E-state index contributed by atoms with van der Waals surface area (Å²) in [5.41, 5.74) is 1.35. The molecule has 0 radical (unpaired) electrons. The lowest BCUT2D eigenvalue weighted by Gasteiger charge is -2.26. The van der Waals surface area contributed by atoms with Crippen molar-refractivity contribution in [3.8, 4) is 11.3 Å². The van der Waals surface area contributed by atoms with E-state index in [1.807, 2.05) is 0 Å². The first-order valence-corrected chi connectivity index (χ1v) is 6.95. The fraction of sp³-hybridized carbons (Fsp3) is 0.357. The number of hydrogen-bond acceptors (Lipinski definition) is 5. The third kappa shape index (κ3) is 3.09. The third-order valence-electron chi connectivity index (χ3n) is 3.60. The molecule has 0 amide bonds. The second kappa shape index (κ2) is 6.02. The summed E-state index contributed by atoms with van der Waals surface area (Å²) >= 11 is 0. The van der Waals surface area contributed by atoms with Gasteiger partial charge in [0.15, 0.2) is 0 Å². The molecule has 7 nitrogen and oxygen atoms in total. The smallest absolute Gasteiger partial charge is 0.278 e. The average Bonchev–Trinajstić information content (AvgIpc) is 2.96. The number of nitrogens with zero attached hydrogens (tertiary/aromatic N) is 3. The molecule has 0 atom stereocenters. The highest BCUT2D eigenvalue weighted by Crippen LogP contribution is 2.28. The molecule has 1 saturated heterocycles. The molecule has 0 spiro atoms. The Morgan fingerprint density at radius 3 is 2.81 bits per heavy atom. The molecule has 7 heteroatoms. The molecule has 0 unspecified atom stereocenters. The van der Waals surface area contributed by atoms with E-state index in [-0.39, 0.29) is 10.6 Å². The molecule has 0 aliphatic carbocycles. The van der Waals surface area contributed by atoms with Crippen LogP contribution in [0.5, 0.6) is 0 Å². The Balaban J connectivity index is 1.80. The molecule has 0 bridgehead atoms.